The van der Waals surface area contributed by atoms with Gasteiger partial charge in [0.2, 0.25) is 0 Å². The van der Waals surface area contributed by atoms with Gasteiger partial charge in [0.05, 0.1) is 5.02 Å². The molecule has 0 aliphatic heterocycles. The average Bonchev–Trinajstić information content (AvgIpc) is 2.64. The molecule has 8 heteroatoms. The van der Waals surface area contributed by atoms with Crippen molar-refractivity contribution in [3.05, 3.63) is 82.3 Å². The van der Waals surface area contributed by atoms with Crippen molar-refractivity contribution in [3.8, 4) is 0 Å². The highest BCUT2D eigenvalue weighted by atomic mass is 35.5. The number of anilines is 2. The maximum absolute atomic E-state index is 13.2. The van der Waals surface area contributed by atoms with Gasteiger partial charge in [-0.05, 0) is 42.8 Å². The third-order valence-electron chi connectivity index (χ3n) is 3.63. The molecule has 2 aromatic carbocycles. The van der Waals surface area contributed by atoms with E-state index in [4.69, 9.17) is 11.6 Å². The van der Waals surface area contributed by atoms with Gasteiger partial charge >= 0.3 is 0 Å². The molecular formula is C19H15ClF2N4O. The van der Waals surface area contributed by atoms with E-state index in [0.29, 0.717) is 23.9 Å². The van der Waals surface area contributed by atoms with E-state index in [0.717, 1.165) is 5.56 Å². The molecule has 1 aromatic heterocycles. The van der Waals surface area contributed by atoms with Crippen molar-refractivity contribution in [2.45, 2.75) is 13.5 Å². The first-order chi connectivity index (χ1) is 12.9. The Kier molecular flexibility index (Phi) is 5.61. The van der Waals surface area contributed by atoms with Gasteiger partial charge in [-0.1, -0.05) is 23.7 Å². The molecular weight excluding hydrogens is 374 g/mol. The first kappa shape index (κ1) is 18.7. The van der Waals surface area contributed by atoms with Crippen LogP contribution in [0.15, 0.2) is 48.5 Å². The van der Waals surface area contributed by atoms with Crippen LogP contribution in [0, 0.1) is 18.6 Å². The Morgan fingerprint density at radius 3 is 2.52 bits per heavy atom. The Morgan fingerprint density at radius 1 is 1.07 bits per heavy atom. The van der Waals surface area contributed by atoms with Gasteiger partial charge in [-0.25, -0.2) is 18.7 Å². The summed E-state index contributed by atoms with van der Waals surface area (Å²) in [4.78, 5) is 20.8. The van der Waals surface area contributed by atoms with Gasteiger partial charge < -0.3 is 10.6 Å². The molecule has 1 heterocycles. The number of amides is 1. The molecule has 0 saturated carbocycles. The molecule has 0 spiro atoms. The predicted molar refractivity (Wildman–Crippen MR) is 99.9 cm³/mol. The number of benzene rings is 2. The van der Waals surface area contributed by atoms with Crippen molar-refractivity contribution >= 4 is 29.0 Å². The summed E-state index contributed by atoms with van der Waals surface area (Å²) in [7, 11) is 0. The Bertz CT molecular complexity index is 980. The summed E-state index contributed by atoms with van der Waals surface area (Å²) in [5, 5.41) is 5.59. The number of halogens is 3. The van der Waals surface area contributed by atoms with Gasteiger partial charge in [0.15, 0.2) is 0 Å². The molecule has 0 aliphatic rings. The van der Waals surface area contributed by atoms with E-state index < -0.39 is 11.7 Å². The maximum Gasteiger partial charge on any atom is 0.274 e. The number of carbonyl (C=O) groups is 1. The van der Waals surface area contributed by atoms with Crippen LogP contribution in [-0.4, -0.2) is 15.9 Å². The molecule has 0 atom stereocenters. The highest BCUT2D eigenvalue weighted by Gasteiger charge is 2.12. The second-order valence-corrected chi connectivity index (χ2v) is 6.16. The molecule has 0 unspecified atom stereocenters. The number of rotatable bonds is 5. The van der Waals surface area contributed by atoms with Crippen LogP contribution in [0.5, 0.6) is 0 Å². The van der Waals surface area contributed by atoms with Crippen molar-refractivity contribution < 1.29 is 13.6 Å². The third-order valence-corrected chi connectivity index (χ3v) is 3.92. The summed E-state index contributed by atoms with van der Waals surface area (Å²) in [5.74, 6) is -0.500. The molecule has 0 fully saturated rings. The number of hydrogen-bond donors (Lipinski definition) is 2. The van der Waals surface area contributed by atoms with Crippen LogP contribution in [0.3, 0.4) is 0 Å². The second kappa shape index (κ2) is 8.09. The molecule has 2 N–H and O–H groups in total. The monoisotopic (exact) mass is 388 g/mol. The van der Waals surface area contributed by atoms with Gasteiger partial charge in [-0.15, -0.1) is 0 Å². The van der Waals surface area contributed by atoms with E-state index in [1.807, 2.05) is 0 Å². The lowest BCUT2D eigenvalue weighted by atomic mass is 10.2. The van der Waals surface area contributed by atoms with E-state index in [-0.39, 0.29) is 16.5 Å². The number of carbonyl (C=O) groups excluding carboxylic acids is 1. The molecule has 0 aliphatic carbocycles. The number of nitrogens with one attached hydrogen (secondary N) is 2. The lowest BCUT2D eigenvalue weighted by Gasteiger charge is -2.10. The fraction of sp³-hybridized carbons (Fsp3) is 0.105. The van der Waals surface area contributed by atoms with E-state index in [9.17, 15) is 13.6 Å². The van der Waals surface area contributed by atoms with Gasteiger partial charge in [-0.3, -0.25) is 4.79 Å². The normalized spacial score (nSPS) is 10.5. The Labute approximate surface area is 159 Å². The fourth-order valence-electron chi connectivity index (χ4n) is 2.34. The first-order valence-electron chi connectivity index (χ1n) is 8.01. The quantitative estimate of drug-likeness (QED) is 0.671. The van der Waals surface area contributed by atoms with E-state index in [2.05, 4.69) is 20.6 Å². The molecule has 0 bridgehead atoms. The van der Waals surface area contributed by atoms with Crippen LogP contribution >= 0.6 is 11.6 Å². The summed E-state index contributed by atoms with van der Waals surface area (Å²) in [6.07, 6.45) is 0. The van der Waals surface area contributed by atoms with Crippen LogP contribution < -0.4 is 10.6 Å². The topological polar surface area (TPSA) is 66.9 Å². The van der Waals surface area contributed by atoms with Crippen molar-refractivity contribution in [2.24, 2.45) is 0 Å². The fourth-order valence-corrected chi connectivity index (χ4v) is 2.52. The molecule has 3 rings (SSSR count). The summed E-state index contributed by atoms with van der Waals surface area (Å²) >= 11 is 5.72. The summed E-state index contributed by atoms with van der Waals surface area (Å²) in [6, 6.07) is 11.4. The SMILES string of the molecule is Cc1nc(NCc2ccc(F)cc2)cc(C(=O)Nc2ccc(F)c(Cl)c2)n1. The molecule has 0 radical (unpaired) electrons. The number of aromatic nitrogens is 2. The summed E-state index contributed by atoms with van der Waals surface area (Å²) < 4.78 is 26.2. The minimum atomic E-state index is -0.570. The second-order valence-electron chi connectivity index (χ2n) is 5.75. The van der Waals surface area contributed by atoms with Gasteiger partial charge in [0, 0.05) is 18.3 Å². The summed E-state index contributed by atoms with van der Waals surface area (Å²) in [5.41, 5.74) is 1.35. The van der Waals surface area contributed by atoms with Crippen molar-refractivity contribution in [2.75, 3.05) is 10.6 Å². The zero-order valence-electron chi connectivity index (χ0n) is 14.3. The van der Waals surface area contributed by atoms with Crippen molar-refractivity contribution in [1.29, 1.82) is 0 Å². The first-order valence-corrected chi connectivity index (χ1v) is 8.39. The zero-order chi connectivity index (χ0) is 19.4. The highest BCUT2D eigenvalue weighted by molar-refractivity contribution is 6.31. The smallest absolute Gasteiger partial charge is 0.274 e. The van der Waals surface area contributed by atoms with Crippen molar-refractivity contribution in [3.63, 3.8) is 0 Å². The Balaban J connectivity index is 1.72. The van der Waals surface area contributed by atoms with Crippen LogP contribution in [-0.2, 0) is 6.54 Å². The van der Waals surface area contributed by atoms with Gasteiger partial charge in [0.1, 0.15) is 29.0 Å². The third kappa shape index (κ3) is 4.98. The molecule has 138 valence electrons. The number of aryl methyl sites for hydroxylation is 1. The van der Waals surface area contributed by atoms with E-state index >= 15 is 0 Å². The largest absolute Gasteiger partial charge is 0.366 e. The van der Waals surface area contributed by atoms with E-state index in [1.54, 1.807) is 19.1 Å². The molecule has 5 nitrogen and oxygen atoms in total. The average molecular weight is 389 g/mol. The predicted octanol–water partition coefficient (Wildman–Crippen LogP) is 4.58. The molecule has 0 saturated heterocycles. The van der Waals surface area contributed by atoms with E-state index in [1.165, 1.54) is 36.4 Å². The van der Waals surface area contributed by atoms with Gasteiger partial charge in [-0.2, -0.15) is 0 Å². The Hall–Kier alpha value is -3.06. The lowest BCUT2D eigenvalue weighted by Crippen LogP contribution is -2.16. The van der Waals surface area contributed by atoms with Crippen LogP contribution in [0.25, 0.3) is 0 Å². The molecule has 3 aromatic rings. The molecule has 1 amide bonds. The van der Waals surface area contributed by atoms with Crippen LogP contribution in [0.2, 0.25) is 5.02 Å². The minimum Gasteiger partial charge on any atom is -0.366 e. The van der Waals surface area contributed by atoms with Crippen molar-refractivity contribution in [1.82, 2.24) is 9.97 Å². The Morgan fingerprint density at radius 2 is 1.81 bits per heavy atom. The summed E-state index contributed by atoms with van der Waals surface area (Å²) in [6.45, 7) is 2.07. The lowest BCUT2D eigenvalue weighted by molar-refractivity contribution is 0.102. The van der Waals surface area contributed by atoms with Crippen LogP contribution in [0.1, 0.15) is 21.9 Å². The van der Waals surface area contributed by atoms with Crippen LogP contribution in [0.4, 0.5) is 20.3 Å². The van der Waals surface area contributed by atoms with Gasteiger partial charge in [0.25, 0.3) is 5.91 Å². The number of nitrogens with zero attached hydrogens (tertiary/aromatic N) is 2. The molecule has 27 heavy (non-hydrogen) atoms. The minimum absolute atomic E-state index is 0.0895. The zero-order valence-corrected chi connectivity index (χ0v) is 15.0. The highest BCUT2D eigenvalue weighted by Crippen LogP contribution is 2.20. The number of hydrogen-bond acceptors (Lipinski definition) is 4. The maximum atomic E-state index is 13.2. The standard InChI is InChI=1S/C19H15ClF2N4O/c1-11-24-17(19(27)26-14-6-7-16(22)15(20)8-14)9-18(25-11)23-10-12-2-4-13(21)5-3-12/h2-9H,10H2,1H3,(H,26,27)(H,23,24,25).